The summed E-state index contributed by atoms with van der Waals surface area (Å²) >= 11 is 1.08. The van der Waals surface area contributed by atoms with Crippen LogP contribution < -0.4 is 25.6 Å². The zero-order valence-electron chi connectivity index (χ0n) is 11.3. The quantitative estimate of drug-likeness (QED) is 0.358. The van der Waals surface area contributed by atoms with Gasteiger partial charge in [-0.3, -0.25) is 14.3 Å². The molecule has 2 aromatic heterocycles. The van der Waals surface area contributed by atoms with Crippen molar-refractivity contribution in [2.75, 3.05) is 17.0 Å². The molecule has 116 valence electrons. The molecule has 0 saturated carbocycles. The lowest BCUT2D eigenvalue weighted by molar-refractivity contribution is -0.673. The lowest BCUT2D eigenvalue weighted by atomic mass is 10.4. The number of H-pyrrole nitrogens is 1. The number of nitrogens with zero attached hydrogens (tertiary/aromatic N) is 3. The summed E-state index contributed by atoms with van der Waals surface area (Å²) in [7, 11) is -2.72. The van der Waals surface area contributed by atoms with E-state index in [-0.39, 0.29) is 11.5 Å². The van der Waals surface area contributed by atoms with Gasteiger partial charge in [-0.1, -0.05) is 12.6 Å². The van der Waals surface area contributed by atoms with Crippen molar-refractivity contribution in [2.45, 2.75) is 13.0 Å². The van der Waals surface area contributed by atoms with Crippen molar-refractivity contribution in [1.82, 2.24) is 14.5 Å². The second-order valence-electron chi connectivity index (χ2n) is 4.54. The molecule has 3 N–H and O–H groups in total. The molecular weight excluding hydrogens is 317 g/mol. The zero-order valence-corrected chi connectivity index (χ0v) is 13.0. The number of nitrogen functional groups attached to an aromatic ring is 1. The highest BCUT2D eigenvalue weighted by molar-refractivity contribution is 8.04. The average Bonchev–Trinajstić information content (AvgIpc) is 2.64. The molecule has 11 heteroatoms. The van der Waals surface area contributed by atoms with Gasteiger partial charge in [-0.2, -0.15) is 11.8 Å². The summed E-state index contributed by atoms with van der Waals surface area (Å²) in [6.07, 6.45) is 2.37. The van der Waals surface area contributed by atoms with Crippen molar-refractivity contribution in [3.8, 4) is 0 Å². The van der Waals surface area contributed by atoms with Crippen LogP contribution in [0.2, 0.25) is 0 Å². The predicted molar refractivity (Wildman–Crippen MR) is 75.5 cm³/mol. The first-order chi connectivity index (χ1) is 9.78. The number of nitrogens with one attached hydrogen (secondary N) is 1. The van der Waals surface area contributed by atoms with Gasteiger partial charge in [-0.25, -0.2) is 4.57 Å². The van der Waals surface area contributed by atoms with Gasteiger partial charge >= 0.3 is 5.65 Å². The molecule has 0 spiro atoms. The molecule has 2 heterocycles. The molecule has 21 heavy (non-hydrogen) atoms. The molecule has 0 aliphatic heterocycles. The number of aryl methyl sites for hydroxylation is 2. The van der Waals surface area contributed by atoms with E-state index in [1.54, 1.807) is 22.5 Å². The van der Waals surface area contributed by atoms with Crippen LogP contribution in [0.15, 0.2) is 11.1 Å². The topological polar surface area (TPSA) is 144 Å². The van der Waals surface area contributed by atoms with Crippen LogP contribution in [0.4, 0.5) is 5.95 Å². The van der Waals surface area contributed by atoms with Crippen molar-refractivity contribution in [3.63, 3.8) is 0 Å². The lowest BCUT2D eigenvalue weighted by Crippen LogP contribution is -2.34. The molecule has 9 nitrogen and oxygen atoms in total. The number of aromatic nitrogens is 4. The highest BCUT2D eigenvalue weighted by Gasteiger charge is 2.18. The molecular formula is C10H15N5O4PS-. The van der Waals surface area contributed by atoms with E-state index in [1.807, 2.05) is 0 Å². The number of rotatable bonds is 6. The summed E-state index contributed by atoms with van der Waals surface area (Å²) in [5.41, 5.74) is 5.71. The van der Waals surface area contributed by atoms with Crippen molar-refractivity contribution in [3.05, 3.63) is 16.7 Å². The van der Waals surface area contributed by atoms with E-state index in [9.17, 15) is 19.1 Å². The Balaban J connectivity index is 2.06. The first-order valence-electron chi connectivity index (χ1n) is 6.11. The third-order valence-corrected chi connectivity index (χ3v) is 5.34. The van der Waals surface area contributed by atoms with Crippen molar-refractivity contribution in [1.29, 1.82) is 0 Å². The Bertz CT molecular complexity index is 752. The number of thioether (sulfide) groups is 1. The zero-order chi connectivity index (χ0) is 15.6. The van der Waals surface area contributed by atoms with Gasteiger partial charge in [0.1, 0.15) is 0 Å². The molecule has 0 aliphatic carbocycles. The molecule has 0 saturated heterocycles. The number of fused-ring (bicyclic) bond motifs is 1. The van der Waals surface area contributed by atoms with Gasteiger partial charge in [0.2, 0.25) is 5.52 Å². The Morgan fingerprint density at radius 1 is 1.57 bits per heavy atom. The van der Waals surface area contributed by atoms with Crippen LogP contribution in [0.5, 0.6) is 0 Å². The van der Waals surface area contributed by atoms with Crippen LogP contribution in [-0.4, -0.2) is 25.8 Å². The largest absolute Gasteiger partial charge is 0.810 e. The van der Waals surface area contributed by atoms with Crippen LogP contribution >= 0.6 is 19.4 Å². The smallest absolute Gasteiger partial charge is 0.311 e. The van der Waals surface area contributed by atoms with Crippen molar-refractivity contribution < 1.29 is 18.9 Å². The Kier molecular flexibility index (Phi) is 4.72. The number of hydrogen-bond donors (Lipinski definition) is 2. The number of anilines is 1. The van der Waals surface area contributed by atoms with Gasteiger partial charge in [-0.05, 0) is 12.2 Å². The van der Waals surface area contributed by atoms with E-state index in [0.29, 0.717) is 29.9 Å². The summed E-state index contributed by atoms with van der Waals surface area (Å²) in [5, 5.41) is 0. The fourth-order valence-electron chi connectivity index (χ4n) is 1.99. The highest BCUT2D eigenvalue weighted by Crippen LogP contribution is 2.29. The molecule has 0 radical (unpaired) electrons. The molecule has 0 aromatic carbocycles. The molecule has 0 aliphatic rings. The summed E-state index contributed by atoms with van der Waals surface area (Å²) < 4.78 is 13.9. The lowest BCUT2D eigenvalue weighted by Gasteiger charge is -2.28. The Labute approximate surface area is 124 Å². The molecule has 0 fully saturated rings. The Hall–Kier alpha value is -1.35. The first-order valence-corrected chi connectivity index (χ1v) is 8.99. The molecule has 0 unspecified atom stereocenters. The SMILES string of the molecule is Cn1c[n+](CCCSCP(=O)([O-])[O-])c2nc(N)[nH]c(=O)c21. The van der Waals surface area contributed by atoms with Gasteiger partial charge in [0.05, 0.1) is 13.6 Å². The normalized spacial score (nSPS) is 12.1. The monoisotopic (exact) mass is 332 g/mol. The third kappa shape index (κ3) is 4.07. The van der Waals surface area contributed by atoms with Crippen LogP contribution in [0.1, 0.15) is 6.42 Å². The van der Waals surface area contributed by atoms with Gasteiger partial charge in [0.25, 0.3) is 11.5 Å². The fourth-order valence-corrected chi connectivity index (χ4v) is 3.73. The number of imidazole rings is 1. The third-order valence-electron chi connectivity index (χ3n) is 2.77. The number of hydrogen-bond acceptors (Lipinski definition) is 7. The van der Waals surface area contributed by atoms with E-state index in [1.165, 1.54) is 0 Å². The second-order valence-corrected chi connectivity index (χ2v) is 7.62. The van der Waals surface area contributed by atoms with Gasteiger partial charge < -0.3 is 20.1 Å². The van der Waals surface area contributed by atoms with Crippen LogP contribution in [0, 0.1) is 0 Å². The van der Waals surface area contributed by atoms with Crippen LogP contribution in [-0.2, 0) is 18.2 Å². The molecule has 0 amide bonds. The summed E-state index contributed by atoms with van der Waals surface area (Å²) in [5.74, 6) is 0.566. The minimum Gasteiger partial charge on any atom is -0.810 e. The Morgan fingerprint density at radius 2 is 2.29 bits per heavy atom. The molecule has 0 bridgehead atoms. The van der Waals surface area contributed by atoms with Gasteiger partial charge in [-0.15, -0.1) is 0 Å². The molecule has 0 atom stereocenters. The van der Waals surface area contributed by atoms with Crippen LogP contribution in [0.3, 0.4) is 0 Å². The van der Waals surface area contributed by atoms with E-state index in [4.69, 9.17) is 5.73 Å². The average molecular weight is 332 g/mol. The van der Waals surface area contributed by atoms with Crippen molar-refractivity contribution >= 4 is 36.5 Å². The van der Waals surface area contributed by atoms with E-state index in [2.05, 4.69) is 9.97 Å². The highest BCUT2D eigenvalue weighted by atomic mass is 32.2. The maximum absolute atomic E-state index is 11.8. The number of nitrogens with two attached hydrogens (primary N) is 1. The molecule has 2 rings (SSSR count). The maximum atomic E-state index is 11.8. The van der Waals surface area contributed by atoms with E-state index >= 15 is 0 Å². The standard InChI is InChI=1S/C10H16N5O4PS/c1-14-5-15(3-2-4-21-6-20(17,18)19)8-7(14)9(16)13-10(11)12-8/h5H,2-4,6H2,1H3,(H4-,11,12,13,16,17,18,19)/p-1. The fraction of sp³-hybridized carbons (Fsp3) is 0.500. The maximum Gasteiger partial charge on any atom is 0.311 e. The van der Waals surface area contributed by atoms with Gasteiger partial charge in [0, 0.05) is 5.49 Å². The van der Waals surface area contributed by atoms with Crippen molar-refractivity contribution in [2.24, 2.45) is 7.05 Å². The predicted octanol–water partition coefficient (Wildman–Crippen LogP) is -1.87. The first kappa shape index (κ1) is 16.0. The minimum absolute atomic E-state index is 0.0421. The van der Waals surface area contributed by atoms with Crippen LogP contribution in [0.25, 0.3) is 11.2 Å². The van der Waals surface area contributed by atoms with E-state index < -0.39 is 13.1 Å². The molecule has 2 aromatic rings. The second kappa shape index (κ2) is 6.18. The summed E-state index contributed by atoms with van der Waals surface area (Å²) in [6, 6.07) is 0. The number of aromatic amines is 1. The van der Waals surface area contributed by atoms with Gasteiger partial charge in [0.15, 0.2) is 6.33 Å². The Morgan fingerprint density at radius 3 is 2.95 bits per heavy atom. The minimum atomic E-state index is -4.45. The van der Waals surface area contributed by atoms with E-state index in [0.717, 1.165) is 11.8 Å². The summed E-state index contributed by atoms with van der Waals surface area (Å²) in [4.78, 5) is 39.3. The summed E-state index contributed by atoms with van der Waals surface area (Å²) in [6.45, 7) is 0.544.